The van der Waals surface area contributed by atoms with E-state index in [4.69, 9.17) is 0 Å². The monoisotopic (exact) mass is 437 g/mol. The summed E-state index contributed by atoms with van der Waals surface area (Å²) >= 11 is 1.61. The van der Waals surface area contributed by atoms with Crippen molar-refractivity contribution in [1.82, 2.24) is 24.3 Å². The predicted octanol–water partition coefficient (Wildman–Crippen LogP) is 1.71. The summed E-state index contributed by atoms with van der Waals surface area (Å²) < 4.78 is 25.5. The van der Waals surface area contributed by atoms with Crippen LogP contribution in [0.1, 0.15) is 30.3 Å². The van der Waals surface area contributed by atoms with Gasteiger partial charge in [-0.3, -0.25) is 14.8 Å². The van der Waals surface area contributed by atoms with Crippen LogP contribution in [0.5, 0.6) is 0 Å². The van der Waals surface area contributed by atoms with Gasteiger partial charge in [0.1, 0.15) is 0 Å². The third-order valence-electron chi connectivity index (χ3n) is 6.25. The summed E-state index contributed by atoms with van der Waals surface area (Å²) in [5.41, 5.74) is 1.17. The number of thiophene rings is 1. The van der Waals surface area contributed by atoms with Crippen molar-refractivity contribution < 1.29 is 13.2 Å². The summed E-state index contributed by atoms with van der Waals surface area (Å²) in [6.07, 6.45) is 3.02. The van der Waals surface area contributed by atoms with Crippen LogP contribution < -0.4 is 0 Å². The molecule has 158 valence electrons. The number of amides is 1. The quantitative estimate of drug-likeness (QED) is 0.769. The van der Waals surface area contributed by atoms with Crippen molar-refractivity contribution in [2.75, 3.05) is 45.5 Å². The molecule has 2 aliphatic heterocycles. The molecule has 2 saturated heterocycles. The summed E-state index contributed by atoms with van der Waals surface area (Å²) in [6, 6.07) is 5.78. The topological polar surface area (TPSA) is 89.6 Å². The van der Waals surface area contributed by atoms with Gasteiger partial charge in [-0.05, 0) is 30.4 Å². The first-order valence-electron chi connectivity index (χ1n) is 9.91. The van der Waals surface area contributed by atoms with Crippen molar-refractivity contribution in [3.8, 4) is 10.6 Å². The first kappa shape index (κ1) is 20.5. The Morgan fingerprint density at radius 2 is 2.03 bits per heavy atom. The van der Waals surface area contributed by atoms with E-state index in [1.54, 1.807) is 15.6 Å². The average molecular weight is 438 g/mol. The molecule has 0 aliphatic carbocycles. The van der Waals surface area contributed by atoms with E-state index in [0.717, 1.165) is 36.5 Å². The van der Waals surface area contributed by atoms with Gasteiger partial charge in [0.05, 0.1) is 16.8 Å². The highest BCUT2D eigenvalue weighted by Crippen LogP contribution is 2.33. The maximum atomic E-state index is 12.9. The van der Waals surface area contributed by atoms with Crippen molar-refractivity contribution in [3.63, 3.8) is 0 Å². The van der Waals surface area contributed by atoms with Crippen molar-refractivity contribution in [3.05, 3.63) is 29.3 Å². The van der Waals surface area contributed by atoms with E-state index in [2.05, 4.69) is 22.0 Å². The van der Waals surface area contributed by atoms with Crippen LogP contribution in [0.25, 0.3) is 10.6 Å². The van der Waals surface area contributed by atoms with Gasteiger partial charge >= 0.3 is 0 Å². The SMILES string of the molecule is CC[C@]1(N2CCN(C(=O)c3cc(-c4cccs4)[nH]n3)CC2)CCN(S(C)(=O)=O)C1. The van der Waals surface area contributed by atoms with Crippen molar-refractivity contribution >= 4 is 27.3 Å². The van der Waals surface area contributed by atoms with Gasteiger partial charge < -0.3 is 4.90 Å². The Kier molecular flexibility index (Phi) is 5.54. The third kappa shape index (κ3) is 3.98. The van der Waals surface area contributed by atoms with E-state index in [1.165, 1.54) is 6.26 Å². The molecule has 29 heavy (non-hydrogen) atoms. The molecule has 2 aromatic heterocycles. The average Bonchev–Trinajstić information content (AvgIpc) is 3.47. The number of aromatic nitrogens is 2. The van der Waals surface area contributed by atoms with Gasteiger partial charge in [0.15, 0.2) is 5.69 Å². The molecule has 0 aromatic carbocycles. The van der Waals surface area contributed by atoms with Crippen LogP contribution >= 0.6 is 11.3 Å². The molecule has 10 heteroatoms. The molecule has 2 aliphatic rings. The number of nitrogens with one attached hydrogen (secondary N) is 1. The molecule has 0 radical (unpaired) electrons. The maximum absolute atomic E-state index is 12.9. The lowest BCUT2D eigenvalue weighted by atomic mass is 9.92. The number of carbonyl (C=O) groups is 1. The fourth-order valence-electron chi connectivity index (χ4n) is 4.41. The maximum Gasteiger partial charge on any atom is 0.274 e. The molecule has 8 nitrogen and oxygen atoms in total. The lowest BCUT2D eigenvalue weighted by molar-refractivity contribution is 0.0309. The zero-order valence-electron chi connectivity index (χ0n) is 16.8. The molecule has 2 aromatic rings. The van der Waals surface area contributed by atoms with Gasteiger partial charge in [0.2, 0.25) is 10.0 Å². The molecular weight excluding hydrogens is 410 g/mol. The third-order valence-corrected chi connectivity index (χ3v) is 8.40. The zero-order chi connectivity index (χ0) is 20.6. The highest BCUT2D eigenvalue weighted by Gasteiger charge is 2.45. The largest absolute Gasteiger partial charge is 0.335 e. The van der Waals surface area contributed by atoms with Gasteiger partial charge in [-0.15, -0.1) is 11.3 Å². The molecule has 2 fully saturated rings. The van der Waals surface area contributed by atoms with E-state index in [9.17, 15) is 13.2 Å². The number of aromatic amines is 1. The molecule has 0 spiro atoms. The van der Waals surface area contributed by atoms with Crippen molar-refractivity contribution in [2.45, 2.75) is 25.3 Å². The zero-order valence-corrected chi connectivity index (χ0v) is 18.4. The molecule has 1 amide bonds. The fourth-order valence-corrected chi connectivity index (χ4v) is 6.00. The number of nitrogens with zero attached hydrogens (tertiary/aromatic N) is 4. The minimum Gasteiger partial charge on any atom is -0.335 e. The lowest BCUT2D eigenvalue weighted by Crippen LogP contribution is -2.59. The van der Waals surface area contributed by atoms with Crippen molar-refractivity contribution in [1.29, 1.82) is 0 Å². The molecule has 0 bridgehead atoms. The summed E-state index contributed by atoms with van der Waals surface area (Å²) in [5, 5.41) is 9.16. The fraction of sp³-hybridized carbons (Fsp3) is 0.579. The molecular formula is C19H27N5O3S2. The first-order valence-corrected chi connectivity index (χ1v) is 12.6. The summed E-state index contributed by atoms with van der Waals surface area (Å²) in [6.45, 7) is 5.99. The van der Waals surface area contributed by atoms with Crippen LogP contribution in [-0.2, 0) is 10.0 Å². The van der Waals surface area contributed by atoms with Crippen LogP contribution in [0, 0.1) is 0 Å². The first-order chi connectivity index (χ1) is 13.8. The summed E-state index contributed by atoms with van der Waals surface area (Å²) in [7, 11) is -3.17. The molecule has 4 heterocycles. The number of piperazine rings is 1. The number of H-pyrrole nitrogens is 1. The minimum atomic E-state index is -3.17. The Hall–Kier alpha value is -1.75. The van der Waals surface area contributed by atoms with Crippen LogP contribution in [0.2, 0.25) is 0 Å². The summed E-state index contributed by atoms with van der Waals surface area (Å²) in [4.78, 5) is 18.2. The van der Waals surface area contributed by atoms with Gasteiger partial charge in [-0.1, -0.05) is 13.0 Å². The normalized spacial score (nSPS) is 24.3. The Bertz CT molecular complexity index is 964. The minimum absolute atomic E-state index is 0.0570. The van der Waals surface area contributed by atoms with E-state index < -0.39 is 10.0 Å². The second-order valence-corrected chi connectivity index (χ2v) is 10.8. The molecule has 4 rings (SSSR count). The highest BCUT2D eigenvalue weighted by atomic mass is 32.2. The van der Waals surface area contributed by atoms with E-state index in [1.807, 2.05) is 28.5 Å². The van der Waals surface area contributed by atoms with Gasteiger partial charge in [-0.2, -0.15) is 5.10 Å². The molecule has 0 unspecified atom stereocenters. The van der Waals surface area contributed by atoms with Crippen LogP contribution in [0.4, 0.5) is 0 Å². The Morgan fingerprint density at radius 3 is 2.62 bits per heavy atom. The number of sulfonamides is 1. The number of rotatable bonds is 5. The number of carbonyl (C=O) groups excluding carboxylic acids is 1. The predicted molar refractivity (Wildman–Crippen MR) is 113 cm³/mol. The number of hydrogen-bond acceptors (Lipinski definition) is 6. The smallest absolute Gasteiger partial charge is 0.274 e. The van der Waals surface area contributed by atoms with Crippen LogP contribution in [0.15, 0.2) is 23.6 Å². The second-order valence-electron chi connectivity index (χ2n) is 7.85. The molecule has 1 N–H and O–H groups in total. The molecule has 0 saturated carbocycles. The summed E-state index contributed by atoms with van der Waals surface area (Å²) in [5.74, 6) is -0.0570. The van der Waals surface area contributed by atoms with Gasteiger partial charge in [0.25, 0.3) is 5.91 Å². The van der Waals surface area contributed by atoms with Gasteiger partial charge in [-0.25, -0.2) is 12.7 Å². The van der Waals surface area contributed by atoms with E-state index >= 15 is 0 Å². The Balaban J connectivity index is 1.40. The Morgan fingerprint density at radius 1 is 1.28 bits per heavy atom. The molecule has 1 atom stereocenters. The number of hydrogen-bond donors (Lipinski definition) is 1. The van der Waals surface area contributed by atoms with Gasteiger partial charge in [0, 0.05) is 44.8 Å². The van der Waals surface area contributed by atoms with E-state index in [0.29, 0.717) is 31.9 Å². The van der Waals surface area contributed by atoms with Crippen LogP contribution in [-0.4, -0.2) is 89.7 Å². The standard InChI is InChI=1S/C19H27N5O3S2/c1-3-19(6-7-24(14-19)29(2,26)27)23-10-8-22(9-11-23)18(25)16-13-15(20-21-16)17-5-4-12-28-17/h4-5,12-13H,3,6-11,14H2,1-2H3,(H,20,21)/t19-/m0/s1. The lowest BCUT2D eigenvalue weighted by Gasteiger charge is -2.45. The Labute approximate surface area is 175 Å². The highest BCUT2D eigenvalue weighted by molar-refractivity contribution is 7.88. The van der Waals surface area contributed by atoms with E-state index in [-0.39, 0.29) is 11.4 Å². The van der Waals surface area contributed by atoms with Crippen molar-refractivity contribution in [2.24, 2.45) is 0 Å². The second kappa shape index (κ2) is 7.82. The van der Waals surface area contributed by atoms with Crippen LogP contribution in [0.3, 0.4) is 0 Å².